The first-order chi connectivity index (χ1) is 5.11. The lowest BCUT2D eigenvalue weighted by molar-refractivity contribution is 1.25. The molecule has 60 valence electrons. The van der Waals surface area contributed by atoms with Crippen LogP contribution in [-0.4, -0.2) is 0 Å². The van der Waals surface area contributed by atoms with Gasteiger partial charge in [-0.05, 0) is 18.6 Å². The minimum Gasteiger partial charge on any atom is -0.398 e. The van der Waals surface area contributed by atoms with E-state index in [-0.39, 0.29) is 0 Å². The van der Waals surface area contributed by atoms with E-state index >= 15 is 0 Å². The maximum Gasteiger partial charge on any atom is 0.0547 e. The largest absolute Gasteiger partial charge is 0.398 e. The molecule has 0 aliphatic carbocycles. The van der Waals surface area contributed by atoms with Crippen LogP contribution in [0.15, 0.2) is 48.4 Å². The van der Waals surface area contributed by atoms with Gasteiger partial charge in [0.15, 0.2) is 0 Å². The second-order valence-corrected chi connectivity index (χ2v) is 2.12. The van der Waals surface area contributed by atoms with Gasteiger partial charge in [0.2, 0.25) is 0 Å². The molecular weight excluding hydrogens is 136 g/mol. The molecule has 4 N–H and O–H groups in total. The summed E-state index contributed by atoms with van der Waals surface area (Å²) < 4.78 is 0. The highest BCUT2D eigenvalue weighted by Crippen LogP contribution is 2.02. The first-order valence-corrected chi connectivity index (χ1v) is 3.32. The van der Waals surface area contributed by atoms with Crippen molar-refractivity contribution in [1.29, 1.82) is 0 Å². The van der Waals surface area contributed by atoms with Crippen LogP contribution >= 0.6 is 0 Å². The molecule has 0 aromatic heterocycles. The lowest BCUT2D eigenvalue weighted by atomic mass is 10.2. The van der Waals surface area contributed by atoms with E-state index < -0.39 is 0 Å². The molecule has 0 unspecified atom stereocenters. The Kier molecular flexibility index (Phi) is 3.81. The molecular formula is C9H14N2. The van der Waals surface area contributed by atoms with E-state index in [1.165, 1.54) is 0 Å². The van der Waals surface area contributed by atoms with Gasteiger partial charge in [-0.3, -0.25) is 0 Å². The van der Waals surface area contributed by atoms with Crippen molar-refractivity contribution in [2.45, 2.75) is 6.92 Å². The third-order valence-corrected chi connectivity index (χ3v) is 1.26. The van der Waals surface area contributed by atoms with Gasteiger partial charge >= 0.3 is 0 Å². The Labute approximate surface area is 67.6 Å². The monoisotopic (exact) mass is 150 g/mol. The molecule has 0 spiro atoms. The molecule has 0 aromatic carbocycles. The molecule has 0 saturated carbocycles. The van der Waals surface area contributed by atoms with Gasteiger partial charge in [-0.2, -0.15) is 0 Å². The van der Waals surface area contributed by atoms with Gasteiger partial charge in [-0.15, -0.1) is 0 Å². The number of hydrogen-bond acceptors (Lipinski definition) is 2. The predicted molar refractivity (Wildman–Crippen MR) is 49.6 cm³/mol. The molecule has 0 heterocycles. The summed E-state index contributed by atoms with van der Waals surface area (Å²) in [5.74, 6) is 0. The summed E-state index contributed by atoms with van der Waals surface area (Å²) in [6.07, 6.45) is 5.33. The minimum atomic E-state index is 0.381. The van der Waals surface area contributed by atoms with E-state index in [1.54, 1.807) is 12.2 Å². The summed E-state index contributed by atoms with van der Waals surface area (Å²) >= 11 is 0. The van der Waals surface area contributed by atoms with E-state index in [9.17, 15) is 0 Å². The molecule has 0 aliphatic rings. The molecule has 0 rings (SSSR count). The molecule has 2 heteroatoms. The van der Waals surface area contributed by atoms with Crippen LogP contribution in [0.5, 0.6) is 0 Å². The predicted octanol–water partition coefficient (Wildman–Crippen LogP) is 1.43. The van der Waals surface area contributed by atoms with Crippen molar-refractivity contribution in [1.82, 2.24) is 0 Å². The topological polar surface area (TPSA) is 52.0 Å². The second kappa shape index (κ2) is 4.39. The third kappa shape index (κ3) is 3.30. The highest BCUT2D eigenvalue weighted by atomic mass is 14.7. The standard InChI is InChI=1S/C9H14N2/c1-4-8(5-2)6-9(11)7(3)10/h4-6H,1,3,10-11H2,2H3/b8-5-,9-6+. The number of rotatable bonds is 3. The van der Waals surface area contributed by atoms with Gasteiger partial charge in [0.05, 0.1) is 5.70 Å². The van der Waals surface area contributed by atoms with Crippen LogP contribution in [-0.2, 0) is 0 Å². The highest BCUT2D eigenvalue weighted by Gasteiger charge is 1.90. The Hall–Kier alpha value is -1.44. The Morgan fingerprint density at radius 1 is 1.36 bits per heavy atom. The zero-order valence-corrected chi connectivity index (χ0v) is 6.80. The normalized spacial score (nSPS) is 12.8. The number of nitrogens with two attached hydrogens (primary N) is 2. The Morgan fingerprint density at radius 3 is 2.18 bits per heavy atom. The SMILES string of the molecule is C=CC(=C/C)/C=C(/N)C(=C)N. The fraction of sp³-hybridized carbons (Fsp3) is 0.111. The van der Waals surface area contributed by atoms with E-state index in [0.29, 0.717) is 11.4 Å². The minimum absolute atomic E-state index is 0.381. The van der Waals surface area contributed by atoms with Gasteiger partial charge < -0.3 is 11.5 Å². The van der Waals surface area contributed by atoms with Gasteiger partial charge in [0.25, 0.3) is 0 Å². The van der Waals surface area contributed by atoms with Crippen LogP contribution in [0.2, 0.25) is 0 Å². The van der Waals surface area contributed by atoms with E-state index in [4.69, 9.17) is 11.5 Å². The van der Waals surface area contributed by atoms with E-state index in [1.807, 2.05) is 13.0 Å². The lowest BCUT2D eigenvalue weighted by Gasteiger charge is -1.98. The van der Waals surface area contributed by atoms with Crippen molar-refractivity contribution in [3.8, 4) is 0 Å². The zero-order valence-electron chi connectivity index (χ0n) is 6.80. The average Bonchev–Trinajstić information content (AvgIpc) is 1.99. The molecule has 2 nitrogen and oxygen atoms in total. The third-order valence-electron chi connectivity index (χ3n) is 1.26. The molecule has 0 atom stereocenters. The maximum atomic E-state index is 5.52. The molecule has 0 aliphatic heterocycles. The number of allylic oxidation sites excluding steroid dienone is 4. The van der Waals surface area contributed by atoms with Gasteiger partial charge in [0, 0.05) is 5.70 Å². The van der Waals surface area contributed by atoms with Crippen molar-refractivity contribution in [3.63, 3.8) is 0 Å². The van der Waals surface area contributed by atoms with Crippen LogP contribution in [0.4, 0.5) is 0 Å². The number of hydrogen-bond donors (Lipinski definition) is 2. The van der Waals surface area contributed by atoms with Gasteiger partial charge in [-0.25, -0.2) is 0 Å². The van der Waals surface area contributed by atoms with E-state index in [2.05, 4.69) is 13.2 Å². The van der Waals surface area contributed by atoms with Crippen LogP contribution in [0, 0.1) is 0 Å². The molecule has 0 aromatic rings. The van der Waals surface area contributed by atoms with Crippen molar-refractivity contribution < 1.29 is 0 Å². The quantitative estimate of drug-likeness (QED) is 0.598. The first kappa shape index (κ1) is 9.56. The molecule has 11 heavy (non-hydrogen) atoms. The summed E-state index contributed by atoms with van der Waals surface area (Å²) in [5.41, 5.74) is 12.7. The summed E-state index contributed by atoms with van der Waals surface area (Å²) in [6, 6.07) is 0. The maximum absolute atomic E-state index is 5.52. The summed E-state index contributed by atoms with van der Waals surface area (Å²) in [7, 11) is 0. The van der Waals surface area contributed by atoms with Crippen LogP contribution in [0.1, 0.15) is 6.92 Å². The van der Waals surface area contributed by atoms with E-state index in [0.717, 1.165) is 5.57 Å². The second-order valence-electron chi connectivity index (χ2n) is 2.12. The Bertz CT molecular complexity index is 222. The molecule has 0 fully saturated rings. The van der Waals surface area contributed by atoms with Gasteiger partial charge in [0.1, 0.15) is 0 Å². The van der Waals surface area contributed by atoms with Crippen LogP contribution in [0.3, 0.4) is 0 Å². The Morgan fingerprint density at radius 2 is 1.91 bits per heavy atom. The smallest absolute Gasteiger partial charge is 0.0547 e. The highest BCUT2D eigenvalue weighted by molar-refractivity contribution is 5.36. The summed E-state index contributed by atoms with van der Waals surface area (Å²) in [5, 5.41) is 0. The lowest BCUT2D eigenvalue weighted by Crippen LogP contribution is -2.07. The molecule has 0 saturated heterocycles. The molecule has 0 bridgehead atoms. The fourth-order valence-electron chi connectivity index (χ4n) is 0.532. The van der Waals surface area contributed by atoms with Gasteiger partial charge in [-0.1, -0.05) is 25.3 Å². The van der Waals surface area contributed by atoms with Crippen molar-refractivity contribution in [2.24, 2.45) is 11.5 Å². The van der Waals surface area contributed by atoms with Crippen LogP contribution in [0.25, 0.3) is 0 Å². The van der Waals surface area contributed by atoms with Crippen molar-refractivity contribution in [2.75, 3.05) is 0 Å². The van der Waals surface area contributed by atoms with Crippen molar-refractivity contribution >= 4 is 0 Å². The molecule has 0 radical (unpaired) electrons. The average molecular weight is 150 g/mol. The molecule has 0 amide bonds. The fourth-order valence-corrected chi connectivity index (χ4v) is 0.532. The van der Waals surface area contributed by atoms with Crippen molar-refractivity contribution in [3.05, 3.63) is 48.4 Å². The Balaban J connectivity index is 4.53. The van der Waals surface area contributed by atoms with Crippen LogP contribution < -0.4 is 11.5 Å². The summed E-state index contributed by atoms with van der Waals surface area (Å²) in [6.45, 7) is 9.01. The zero-order chi connectivity index (χ0) is 8.85. The summed E-state index contributed by atoms with van der Waals surface area (Å²) in [4.78, 5) is 0. The first-order valence-electron chi connectivity index (χ1n) is 3.32.